The number of ether oxygens (including phenoxy) is 2. The third kappa shape index (κ3) is 3.78. The van der Waals surface area contributed by atoms with Gasteiger partial charge in [-0.25, -0.2) is 13.8 Å². The first-order chi connectivity index (χ1) is 13.0. The molecule has 1 aromatic carbocycles. The molecule has 3 aromatic rings. The molecular weight excluding hydrogens is 372 g/mol. The molecule has 0 aliphatic carbocycles. The maximum atomic E-state index is 13.6. The minimum Gasteiger partial charge on any atom is -0.438 e. The predicted molar refractivity (Wildman–Crippen MR) is 99.4 cm³/mol. The molecular formula is C19H19F2N3O2S. The van der Waals surface area contributed by atoms with Crippen molar-refractivity contribution in [2.24, 2.45) is 0 Å². The smallest absolute Gasteiger partial charge is 0.231 e. The molecule has 27 heavy (non-hydrogen) atoms. The first-order valence-electron chi connectivity index (χ1n) is 8.71. The van der Waals surface area contributed by atoms with Crippen molar-refractivity contribution in [1.82, 2.24) is 14.9 Å². The van der Waals surface area contributed by atoms with Crippen molar-refractivity contribution >= 4 is 21.6 Å². The first kappa shape index (κ1) is 18.2. The Morgan fingerprint density at radius 3 is 2.67 bits per heavy atom. The lowest BCUT2D eigenvalue weighted by molar-refractivity contribution is 0.0330. The van der Waals surface area contributed by atoms with E-state index < -0.39 is 11.6 Å². The van der Waals surface area contributed by atoms with Gasteiger partial charge in [-0.2, -0.15) is 4.98 Å². The number of rotatable bonds is 4. The van der Waals surface area contributed by atoms with Crippen LogP contribution in [-0.2, 0) is 11.3 Å². The van der Waals surface area contributed by atoms with Crippen LogP contribution in [0.1, 0.15) is 16.3 Å². The van der Waals surface area contributed by atoms with E-state index in [1.165, 1.54) is 6.07 Å². The highest BCUT2D eigenvalue weighted by molar-refractivity contribution is 7.18. The molecule has 1 aliphatic heterocycles. The Balaban J connectivity index is 1.72. The van der Waals surface area contributed by atoms with Gasteiger partial charge in [0.25, 0.3) is 0 Å². The number of hydrogen-bond acceptors (Lipinski definition) is 6. The lowest BCUT2D eigenvalue weighted by Crippen LogP contribution is -2.36. The van der Waals surface area contributed by atoms with Gasteiger partial charge in [-0.15, -0.1) is 11.3 Å². The quantitative estimate of drug-likeness (QED) is 0.667. The van der Waals surface area contributed by atoms with Gasteiger partial charge in [0.05, 0.1) is 25.1 Å². The van der Waals surface area contributed by atoms with Crippen molar-refractivity contribution in [1.29, 1.82) is 0 Å². The van der Waals surface area contributed by atoms with E-state index >= 15 is 0 Å². The second-order valence-corrected chi connectivity index (χ2v) is 7.68. The highest BCUT2D eigenvalue weighted by atomic mass is 32.1. The van der Waals surface area contributed by atoms with Crippen LogP contribution in [0, 0.1) is 25.5 Å². The van der Waals surface area contributed by atoms with Crippen molar-refractivity contribution in [2.75, 3.05) is 26.3 Å². The first-order valence-corrected chi connectivity index (χ1v) is 9.52. The van der Waals surface area contributed by atoms with Crippen LogP contribution in [0.2, 0.25) is 0 Å². The Morgan fingerprint density at radius 2 is 1.93 bits per heavy atom. The summed E-state index contributed by atoms with van der Waals surface area (Å²) in [5.74, 6) is -0.649. The largest absolute Gasteiger partial charge is 0.438 e. The lowest BCUT2D eigenvalue weighted by atomic mass is 10.2. The van der Waals surface area contributed by atoms with Crippen molar-refractivity contribution in [3.63, 3.8) is 0 Å². The van der Waals surface area contributed by atoms with Crippen molar-refractivity contribution < 1.29 is 18.3 Å². The minimum absolute atomic E-state index is 0.203. The number of morpholine rings is 1. The second kappa shape index (κ2) is 7.46. The molecule has 8 heteroatoms. The van der Waals surface area contributed by atoms with Crippen LogP contribution in [-0.4, -0.2) is 41.2 Å². The fraction of sp³-hybridized carbons (Fsp3) is 0.368. The van der Waals surface area contributed by atoms with Gasteiger partial charge in [-0.05, 0) is 31.5 Å². The van der Waals surface area contributed by atoms with E-state index in [0.717, 1.165) is 45.9 Å². The van der Waals surface area contributed by atoms with Crippen LogP contribution < -0.4 is 4.74 Å². The molecule has 0 bridgehead atoms. The Morgan fingerprint density at radius 1 is 1.15 bits per heavy atom. The molecule has 1 fully saturated rings. The standard InChI is InChI=1S/C19H19F2N3O2S/c1-11-12(2)27-19-17(11)18(26-13-3-4-14(20)15(21)9-13)22-16(23-19)10-24-5-7-25-8-6-24/h3-4,9H,5-8,10H2,1-2H3. The van der Waals surface area contributed by atoms with Gasteiger partial charge in [-0.1, -0.05) is 0 Å². The third-order valence-corrected chi connectivity index (χ3v) is 5.72. The summed E-state index contributed by atoms with van der Waals surface area (Å²) in [6.07, 6.45) is 0. The average Bonchev–Trinajstić information content (AvgIpc) is 2.93. The number of fused-ring (bicyclic) bond motifs is 1. The molecule has 3 heterocycles. The van der Waals surface area contributed by atoms with Gasteiger partial charge in [0, 0.05) is 24.0 Å². The maximum absolute atomic E-state index is 13.6. The number of halogens is 2. The van der Waals surface area contributed by atoms with Gasteiger partial charge < -0.3 is 9.47 Å². The summed E-state index contributed by atoms with van der Waals surface area (Å²) in [4.78, 5) is 13.5. The van der Waals surface area contributed by atoms with Crippen LogP contribution in [0.3, 0.4) is 0 Å². The Bertz CT molecular complexity index is 987. The molecule has 0 amide bonds. The van der Waals surface area contributed by atoms with E-state index in [0.29, 0.717) is 31.5 Å². The monoisotopic (exact) mass is 391 g/mol. The van der Waals surface area contributed by atoms with Crippen molar-refractivity contribution in [2.45, 2.75) is 20.4 Å². The fourth-order valence-electron chi connectivity index (χ4n) is 3.01. The fourth-order valence-corrected chi connectivity index (χ4v) is 4.05. The van der Waals surface area contributed by atoms with Crippen molar-refractivity contribution in [3.8, 4) is 11.6 Å². The molecule has 4 rings (SSSR count). The Kier molecular flexibility index (Phi) is 5.03. The third-order valence-electron chi connectivity index (χ3n) is 4.62. The lowest BCUT2D eigenvalue weighted by Gasteiger charge is -2.25. The average molecular weight is 391 g/mol. The molecule has 0 unspecified atom stereocenters. The van der Waals surface area contributed by atoms with Gasteiger partial charge in [0.1, 0.15) is 16.4 Å². The van der Waals surface area contributed by atoms with E-state index in [9.17, 15) is 8.78 Å². The summed E-state index contributed by atoms with van der Waals surface area (Å²) in [6.45, 7) is 7.62. The van der Waals surface area contributed by atoms with Gasteiger partial charge in [0.2, 0.25) is 5.88 Å². The van der Waals surface area contributed by atoms with Crippen LogP contribution in [0.25, 0.3) is 10.2 Å². The zero-order chi connectivity index (χ0) is 19.0. The molecule has 0 spiro atoms. The molecule has 0 atom stereocenters. The number of aryl methyl sites for hydroxylation is 2. The number of aromatic nitrogens is 2. The van der Waals surface area contributed by atoms with Crippen LogP contribution in [0.5, 0.6) is 11.6 Å². The Labute approximate surface area is 159 Å². The maximum Gasteiger partial charge on any atom is 0.231 e. The number of thiophene rings is 1. The van der Waals surface area contributed by atoms with E-state index in [4.69, 9.17) is 14.5 Å². The molecule has 0 radical (unpaired) electrons. The topological polar surface area (TPSA) is 47.5 Å². The molecule has 1 aliphatic rings. The summed E-state index contributed by atoms with van der Waals surface area (Å²) >= 11 is 1.58. The van der Waals surface area contributed by atoms with Gasteiger partial charge in [0.15, 0.2) is 11.6 Å². The molecule has 5 nitrogen and oxygen atoms in total. The highest BCUT2D eigenvalue weighted by Gasteiger charge is 2.19. The van der Waals surface area contributed by atoms with Gasteiger partial charge >= 0.3 is 0 Å². The summed E-state index contributed by atoms with van der Waals surface area (Å²) in [6, 6.07) is 3.46. The van der Waals surface area contributed by atoms with Gasteiger partial charge in [-0.3, -0.25) is 4.90 Å². The van der Waals surface area contributed by atoms with Crippen LogP contribution >= 0.6 is 11.3 Å². The van der Waals surface area contributed by atoms with Crippen molar-refractivity contribution in [3.05, 3.63) is 46.1 Å². The highest BCUT2D eigenvalue weighted by Crippen LogP contribution is 2.36. The zero-order valence-corrected chi connectivity index (χ0v) is 15.9. The molecule has 1 saturated heterocycles. The zero-order valence-electron chi connectivity index (χ0n) is 15.1. The summed E-state index contributed by atoms with van der Waals surface area (Å²) < 4.78 is 38.0. The number of hydrogen-bond donors (Lipinski definition) is 0. The SMILES string of the molecule is Cc1sc2nc(CN3CCOCC3)nc(Oc3ccc(F)c(F)c3)c2c1C. The van der Waals surface area contributed by atoms with E-state index in [1.807, 2.05) is 13.8 Å². The summed E-state index contributed by atoms with van der Waals surface area (Å²) in [5.41, 5.74) is 1.03. The van der Waals surface area contributed by atoms with Crippen LogP contribution in [0.15, 0.2) is 18.2 Å². The molecule has 0 saturated carbocycles. The molecule has 0 N–H and O–H groups in total. The second-order valence-electron chi connectivity index (χ2n) is 6.47. The van der Waals surface area contributed by atoms with E-state index in [2.05, 4.69) is 9.88 Å². The molecule has 142 valence electrons. The van der Waals surface area contributed by atoms with Crippen LogP contribution in [0.4, 0.5) is 8.78 Å². The minimum atomic E-state index is -0.954. The normalized spacial score (nSPS) is 15.4. The predicted octanol–water partition coefficient (Wildman–Crippen LogP) is 4.21. The molecule has 2 aromatic heterocycles. The van der Waals surface area contributed by atoms with E-state index in [1.54, 1.807) is 11.3 Å². The Hall–Kier alpha value is -2.16. The van der Waals surface area contributed by atoms with E-state index in [-0.39, 0.29) is 5.75 Å². The number of benzene rings is 1. The number of nitrogens with zero attached hydrogens (tertiary/aromatic N) is 3. The summed E-state index contributed by atoms with van der Waals surface area (Å²) in [7, 11) is 0. The summed E-state index contributed by atoms with van der Waals surface area (Å²) in [5, 5.41) is 0.813.